The fourth-order valence-corrected chi connectivity index (χ4v) is 2.32. The van der Waals surface area contributed by atoms with Gasteiger partial charge in [0.1, 0.15) is 0 Å². The predicted molar refractivity (Wildman–Crippen MR) is 76.7 cm³/mol. The molecule has 1 aliphatic heterocycles. The molecule has 1 heterocycles. The van der Waals surface area contributed by atoms with E-state index in [9.17, 15) is 9.18 Å². The predicted octanol–water partition coefficient (Wildman–Crippen LogP) is 2.11. The van der Waals surface area contributed by atoms with Crippen molar-refractivity contribution in [3.63, 3.8) is 0 Å². The largest absolute Gasteiger partial charge is 0.490 e. The minimum Gasteiger partial charge on any atom is -0.490 e. The molecule has 0 aromatic heterocycles. The van der Waals surface area contributed by atoms with Crippen molar-refractivity contribution in [1.29, 1.82) is 0 Å². The molecule has 0 saturated heterocycles. The zero-order chi connectivity index (χ0) is 15.2. The number of para-hydroxylation sites is 1. The maximum atomic E-state index is 13.8. The van der Waals surface area contributed by atoms with E-state index in [1.54, 1.807) is 19.1 Å². The molecule has 116 valence electrons. The van der Waals surface area contributed by atoms with Gasteiger partial charge < -0.3 is 20.5 Å². The first-order valence-electron chi connectivity index (χ1n) is 7.21. The van der Waals surface area contributed by atoms with Crippen LogP contribution in [0.1, 0.15) is 37.8 Å². The molecule has 0 saturated carbocycles. The van der Waals surface area contributed by atoms with Crippen LogP contribution in [0.15, 0.2) is 18.2 Å². The second-order valence-corrected chi connectivity index (χ2v) is 5.24. The summed E-state index contributed by atoms with van der Waals surface area (Å²) in [7, 11) is 0. The number of halogens is 1. The number of aliphatic hydroxyl groups is 1. The smallest absolute Gasteiger partial charge is 0.315 e. The van der Waals surface area contributed by atoms with Gasteiger partial charge in [0.2, 0.25) is 0 Å². The van der Waals surface area contributed by atoms with E-state index in [1.165, 1.54) is 6.07 Å². The molecule has 2 atom stereocenters. The van der Waals surface area contributed by atoms with Gasteiger partial charge in [-0.3, -0.25) is 0 Å². The van der Waals surface area contributed by atoms with Crippen molar-refractivity contribution >= 4 is 6.03 Å². The number of ether oxygens (including phenoxy) is 1. The average molecular weight is 296 g/mol. The average Bonchev–Trinajstić information content (AvgIpc) is 2.62. The Morgan fingerprint density at radius 3 is 3.14 bits per heavy atom. The van der Waals surface area contributed by atoms with Gasteiger partial charge in [-0.1, -0.05) is 12.1 Å². The molecule has 6 heteroatoms. The van der Waals surface area contributed by atoms with Crippen LogP contribution in [0, 0.1) is 5.82 Å². The van der Waals surface area contributed by atoms with Crippen molar-refractivity contribution in [2.45, 2.75) is 38.3 Å². The second kappa shape index (κ2) is 7.26. The summed E-state index contributed by atoms with van der Waals surface area (Å²) in [5, 5.41) is 14.7. The van der Waals surface area contributed by atoms with Crippen LogP contribution in [-0.4, -0.2) is 30.4 Å². The fourth-order valence-electron chi connectivity index (χ4n) is 2.32. The molecule has 0 bridgehead atoms. The highest BCUT2D eigenvalue weighted by Gasteiger charge is 2.23. The highest BCUT2D eigenvalue weighted by molar-refractivity contribution is 5.74. The van der Waals surface area contributed by atoms with Gasteiger partial charge in [0, 0.05) is 12.1 Å². The van der Waals surface area contributed by atoms with E-state index in [0.29, 0.717) is 31.6 Å². The molecule has 0 radical (unpaired) electrons. The van der Waals surface area contributed by atoms with E-state index in [1.807, 2.05) is 0 Å². The van der Waals surface area contributed by atoms with E-state index in [0.717, 1.165) is 6.42 Å². The topological polar surface area (TPSA) is 70.6 Å². The normalized spacial score (nSPS) is 18.9. The van der Waals surface area contributed by atoms with Crippen LogP contribution in [-0.2, 0) is 0 Å². The Balaban J connectivity index is 2.00. The lowest BCUT2D eigenvalue weighted by Crippen LogP contribution is -2.39. The van der Waals surface area contributed by atoms with Crippen LogP contribution in [0.25, 0.3) is 0 Å². The SMILES string of the molecule is CC(O)CCNC(=O)NC1CCCOc2c(F)cccc21. The summed E-state index contributed by atoms with van der Waals surface area (Å²) in [4.78, 5) is 11.9. The molecule has 1 aliphatic rings. The quantitative estimate of drug-likeness (QED) is 0.797. The molecule has 2 rings (SSSR count). The lowest BCUT2D eigenvalue weighted by molar-refractivity contribution is 0.183. The number of fused-ring (bicyclic) bond motifs is 1. The van der Waals surface area contributed by atoms with Crippen molar-refractivity contribution in [2.75, 3.05) is 13.2 Å². The standard InChI is InChI=1S/C15H21FN2O3/c1-10(19)7-8-17-15(20)18-13-6-3-9-21-14-11(13)4-2-5-12(14)16/h2,4-5,10,13,19H,3,6-9H2,1H3,(H2,17,18,20). The highest BCUT2D eigenvalue weighted by Crippen LogP contribution is 2.33. The number of urea groups is 1. The maximum absolute atomic E-state index is 13.8. The Morgan fingerprint density at radius 2 is 2.38 bits per heavy atom. The summed E-state index contributed by atoms with van der Waals surface area (Å²) >= 11 is 0. The number of carbonyl (C=O) groups excluding carboxylic acids is 1. The van der Waals surface area contributed by atoms with Crippen molar-refractivity contribution in [3.05, 3.63) is 29.6 Å². The van der Waals surface area contributed by atoms with Crippen LogP contribution in [0.5, 0.6) is 5.75 Å². The number of carbonyl (C=O) groups is 1. The van der Waals surface area contributed by atoms with Gasteiger partial charge in [0.05, 0.1) is 18.8 Å². The lowest BCUT2D eigenvalue weighted by Gasteiger charge is -2.19. The van der Waals surface area contributed by atoms with Crippen molar-refractivity contribution in [2.24, 2.45) is 0 Å². The van der Waals surface area contributed by atoms with E-state index in [4.69, 9.17) is 9.84 Å². The van der Waals surface area contributed by atoms with Crippen LogP contribution < -0.4 is 15.4 Å². The van der Waals surface area contributed by atoms with Crippen LogP contribution >= 0.6 is 0 Å². The van der Waals surface area contributed by atoms with E-state index < -0.39 is 11.9 Å². The summed E-state index contributed by atoms with van der Waals surface area (Å²) in [6.45, 7) is 2.50. The van der Waals surface area contributed by atoms with Gasteiger partial charge in [0.15, 0.2) is 11.6 Å². The Hall–Kier alpha value is -1.82. The number of hydrogen-bond donors (Lipinski definition) is 3. The lowest BCUT2D eigenvalue weighted by atomic mass is 10.0. The van der Waals surface area contributed by atoms with Gasteiger partial charge >= 0.3 is 6.03 Å². The van der Waals surface area contributed by atoms with E-state index in [2.05, 4.69) is 10.6 Å². The Morgan fingerprint density at radius 1 is 1.57 bits per heavy atom. The molecule has 1 aromatic rings. The van der Waals surface area contributed by atoms with E-state index in [-0.39, 0.29) is 17.8 Å². The molecule has 21 heavy (non-hydrogen) atoms. The molecule has 2 unspecified atom stereocenters. The summed E-state index contributed by atoms with van der Waals surface area (Å²) in [6.07, 6.45) is 1.48. The second-order valence-electron chi connectivity index (χ2n) is 5.24. The number of aliphatic hydroxyl groups excluding tert-OH is 1. The minimum absolute atomic E-state index is 0.226. The van der Waals surface area contributed by atoms with Gasteiger partial charge in [-0.15, -0.1) is 0 Å². The first kappa shape index (κ1) is 15.6. The summed E-state index contributed by atoms with van der Waals surface area (Å²) in [5.41, 5.74) is 0.665. The molecule has 0 spiro atoms. The molecule has 3 N–H and O–H groups in total. The van der Waals surface area contributed by atoms with Crippen LogP contribution in [0.3, 0.4) is 0 Å². The number of benzene rings is 1. The third-order valence-electron chi connectivity index (χ3n) is 3.41. The number of hydrogen-bond acceptors (Lipinski definition) is 3. The molecule has 0 aliphatic carbocycles. The molecule has 2 amide bonds. The number of amides is 2. The highest BCUT2D eigenvalue weighted by atomic mass is 19.1. The maximum Gasteiger partial charge on any atom is 0.315 e. The Kier molecular flexibility index (Phi) is 5.38. The third-order valence-corrected chi connectivity index (χ3v) is 3.41. The summed E-state index contributed by atoms with van der Waals surface area (Å²) < 4.78 is 19.2. The summed E-state index contributed by atoms with van der Waals surface area (Å²) in [5.74, 6) is -0.181. The Labute approximate surface area is 123 Å². The zero-order valence-electron chi connectivity index (χ0n) is 12.1. The number of rotatable bonds is 4. The van der Waals surface area contributed by atoms with Crippen molar-refractivity contribution < 1.29 is 19.0 Å². The van der Waals surface area contributed by atoms with Crippen LogP contribution in [0.4, 0.5) is 9.18 Å². The van der Waals surface area contributed by atoms with Crippen LogP contribution in [0.2, 0.25) is 0 Å². The van der Waals surface area contributed by atoms with E-state index >= 15 is 0 Å². The van der Waals surface area contributed by atoms with Crippen molar-refractivity contribution in [3.8, 4) is 5.75 Å². The fraction of sp³-hybridized carbons (Fsp3) is 0.533. The molecule has 0 fully saturated rings. The molecular weight excluding hydrogens is 275 g/mol. The minimum atomic E-state index is -0.452. The first-order valence-corrected chi connectivity index (χ1v) is 7.21. The van der Waals surface area contributed by atoms with Gasteiger partial charge in [-0.05, 0) is 32.3 Å². The monoisotopic (exact) mass is 296 g/mol. The molecule has 5 nitrogen and oxygen atoms in total. The zero-order valence-corrected chi connectivity index (χ0v) is 12.1. The van der Waals surface area contributed by atoms with Gasteiger partial charge in [-0.25, -0.2) is 9.18 Å². The van der Waals surface area contributed by atoms with Crippen molar-refractivity contribution in [1.82, 2.24) is 10.6 Å². The van der Waals surface area contributed by atoms with Gasteiger partial charge in [-0.2, -0.15) is 0 Å². The molecule has 1 aromatic carbocycles. The molecular formula is C15H21FN2O3. The Bertz CT molecular complexity index is 494. The van der Waals surface area contributed by atoms with Gasteiger partial charge in [0.25, 0.3) is 0 Å². The first-order chi connectivity index (χ1) is 10.1. The third kappa shape index (κ3) is 4.32. The number of nitrogens with one attached hydrogen (secondary N) is 2. The summed E-state index contributed by atoms with van der Waals surface area (Å²) in [6, 6.07) is 4.14.